The van der Waals surface area contributed by atoms with Gasteiger partial charge in [-0.3, -0.25) is 4.79 Å². The first-order chi connectivity index (χ1) is 9.04. The lowest BCUT2D eigenvalue weighted by atomic mass is 10.0. The molecular weight excluding hydrogens is 236 g/mol. The van der Waals surface area contributed by atoms with Gasteiger partial charge < -0.3 is 11.1 Å². The predicted molar refractivity (Wildman–Crippen MR) is 78.9 cm³/mol. The standard InChI is InChI=1S/C16H22N2O/c1-12(2)8-10-18-16(19)15-7-6-14(5-4-9-17)13(3)11-15/h6-7,11-12H,8-10,17H2,1-3H3,(H,18,19). The van der Waals surface area contributed by atoms with Crippen molar-refractivity contribution in [1.29, 1.82) is 0 Å². The third-order valence-electron chi connectivity index (χ3n) is 2.82. The van der Waals surface area contributed by atoms with Crippen LogP contribution in [0.25, 0.3) is 0 Å². The number of hydrogen-bond acceptors (Lipinski definition) is 2. The number of benzene rings is 1. The number of amides is 1. The molecule has 102 valence electrons. The second-order valence-corrected chi connectivity index (χ2v) is 4.97. The molecule has 0 aliphatic rings. The second-order valence-electron chi connectivity index (χ2n) is 4.97. The lowest BCUT2D eigenvalue weighted by molar-refractivity contribution is 0.0952. The molecule has 0 radical (unpaired) electrons. The van der Waals surface area contributed by atoms with E-state index in [2.05, 4.69) is 31.0 Å². The summed E-state index contributed by atoms with van der Waals surface area (Å²) >= 11 is 0. The molecule has 0 spiro atoms. The summed E-state index contributed by atoms with van der Waals surface area (Å²) in [6, 6.07) is 5.54. The summed E-state index contributed by atoms with van der Waals surface area (Å²) in [5.74, 6) is 6.38. The lowest BCUT2D eigenvalue weighted by Crippen LogP contribution is -2.25. The van der Waals surface area contributed by atoms with E-state index in [4.69, 9.17) is 5.73 Å². The summed E-state index contributed by atoms with van der Waals surface area (Å²) in [4.78, 5) is 11.9. The summed E-state index contributed by atoms with van der Waals surface area (Å²) in [7, 11) is 0. The highest BCUT2D eigenvalue weighted by Crippen LogP contribution is 2.10. The fraction of sp³-hybridized carbons (Fsp3) is 0.438. The summed E-state index contributed by atoms with van der Waals surface area (Å²) < 4.78 is 0. The van der Waals surface area contributed by atoms with E-state index in [9.17, 15) is 4.79 Å². The Kier molecular flexibility index (Phi) is 6.11. The maximum atomic E-state index is 11.9. The highest BCUT2D eigenvalue weighted by atomic mass is 16.1. The van der Waals surface area contributed by atoms with Gasteiger partial charge in [0.05, 0.1) is 6.54 Å². The maximum absolute atomic E-state index is 11.9. The number of nitrogens with one attached hydrogen (secondary N) is 1. The predicted octanol–water partition coefficient (Wildman–Crippen LogP) is 2.08. The van der Waals surface area contributed by atoms with Gasteiger partial charge in [-0.25, -0.2) is 0 Å². The highest BCUT2D eigenvalue weighted by molar-refractivity contribution is 5.94. The van der Waals surface area contributed by atoms with Crippen LogP contribution in [0.1, 0.15) is 41.8 Å². The Balaban J connectivity index is 2.69. The number of aryl methyl sites for hydroxylation is 1. The minimum Gasteiger partial charge on any atom is -0.352 e. The van der Waals surface area contributed by atoms with E-state index in [0.717, 1.165) is 17.5 Å². The molecule has 0 saturated carbocycles. The Morgan fingerprint density at radius 3 is 2.74 bits per heavy atom. The molecule has 1 rings (SSSR count). The van der Waals surface area contributed by atoms with E-state index < -0.39 is 0 Å². The van der Waals surface area contributed by atoms with Crippen LogP contribution in [0.15, 0.2) is 18.2 Å². The Bertz CT molecular complexity index is 495. The van der Waals surface area contributed by atoms with Crippen molar-refractivity contribution in [2.75, 3.05) is 13.1 Å². The minimum atomic E-state index is -0.0258. The first-order valence-electron chi connectivity index (χ1n) is 6.62. The van der Waals surface area contributed by atoms with Crippen molar-refractivity contribution in [1.82, 2.24) is 5.32 Å². The van der Waals surface area contributed by atoms with E-state index in [-0.39, 0.29) is 5.91 Å². The van der Waals surface area contributed by atoms with Gasteiger partial charge in [-0.15, -0.1) is 0 Å². The normalized spacial score (nSPS) is 9.95. The molecule has 0 unspecified atom stereocenters. The van der Waals surface area contributed by atoms with Gasteiger partial charge in [0.15, 0.2) is 0 Å². The topological polar surface area (TPSA) is 55.1 Å². The first kappa shape index (κ1) is 15.3. The molecular formula is C16H22N2O. The van der Waals surface area contributed by atoms with Gasteiger partial charge in [-0.1, -0.05) is 25.7 Å². The van der Waals surface area contributed by atoms with Gasteiger partial charge in [0.25, 0.3) is 5.91 Å². The Morgan fingerprint density at radius 2 is 2.16 bits per heavy atom. The van der Waals surface area contributed by atoms with Gasteiger partial charge in [0, 0.05) is 17.7 Å². The van der Waals surface area contributed by atoms with Crippen molar-refractivity contribution >= 4 is 5.91 Å². The third-order valence-corrected chi connectivity index (χ3v) is 2.82. The fourth-order valence-corrected chi connectivity index (χ4v) is 1.67. The molecule has 19 heavy (non-hydrogen) atoms. The SMILES string of the molecule is Cc1cc(C(=O)NCCC(C)C)ccc1C#CCN. The van der Waals surface area contributed by atoms with Crippen molar-refractivity contribution in [2.24, 2.45) is 11.7 Å². The zero-order valence-electron chi connectivity index (χ0n) is 11.9. The molecule has 0 heterocycles. The first-order valence-corrected chi connectivity index (χ1v) is 6.62. The molecule has 3 nitrogen and oxygen atoms in total. The molecule has 0 bridgehead atoms. The van der Waals surface area contributed by atoms with E-state index in [1.807, 2.05) is 19.1 Å². The van der Waals surface area contributed by atoms with Crippen LogP contribution in [0.2, 0.25) is 0 Å². The van der Waals surface area contributed by atoms with Crippen LogP contribution in [-0.2, 0) is 0 Å². The molecule has 0 aliphatic carbocycles. The van der Waals surface area contributed by atoms with E-state index >= 15 is 0 Å². The molecule has 0 atom stereocenters. The van der Waals surface area contributed by atoms with E-state index in [0.29, 0.717) is 24.6 Å². The van der Waals surface area contributed by atoms with Crippen LogP contribution in [-0.4, -0.2) is 19.0 Å². The number of carbonyl (C=O) groups is 1. The number of hydrogen-bond donors (Lipinski definition) is 2. The van der Waals surface area contributed by atoms with Gasteiger partial charge in [-0.05, 0) is 43.0 Å². The summed E-state index contributed by atoms with van der Waals surface area (Å²) in [6.45, 7) is 7.29. The average Bonchev–Trinajstić information content (AvgIpc) is 2.36. The fourth-order valence-electron chi connectivity index (χ4n) is 1.67. The molecule has 0 fully saturated rings. The maximum Gasteiger partial charge on any atom is 0.251 e. The van der Waals surface area contributed by atoms with E-state index in [1.165, 1.54) is 0 Å². The molecule has 1 aromatic carbocycles. The van der Waals surface area contributed by atoms with E-state index in [1.54, 1.807) is 6.07 Å². The van der Waals surface area contributed by atoms with Crippen LogP contribution in [0.4, 0.5) is 0 Å². The summed E-state index contributed by atoms with van der Waals surface area (Å²) in [5, 5.41) is 2.93. The van der Waals surface area contributed by atoms with Crippen LogP contribution >= 0.6 is 0 Å². The second kappa shape index (κ2) is 7.60. The number of nitrogens with two attached hydrogens (primary N) is 1. The largest absolute Gasteiger partial charge is 0.352 e. The van der Waals surface area contributed by atoms with Crippen molar-refractivity contribution in [3.63, 3.8) is 0 Å². The van der Waals surface area contributed by atoms with Crippen LogP contribution in [0.5, 0.6) is 0 Å². The zero-order chi connectivity index (χ0) is 14.3. The number of carbonyl (C=O) groups excluding carboxylic acids is 1. The molecule has 3 N–H and O–H groups in total. The molecule has 0 saturated heterocycles. The Hall–Kier alpha value is -1.79. The Morgan fingerprint density at radius 1 is 1.42 bits per heavy atom. The lowest BCUT2D eigenvalue weighted by Gasteiger charge is -2.08. The van der Waals surface area contributed by atoms with Gasteiger partial charge in [0.2, 0.25) is 0 Å². The molecule has 3 heteroatoms. The van der Waals surface area contributed by atoms with Gasteiger partial charge in [-0.2, -0.15) is 0 Å². The summed E-state index contributed by atoms with van der Waals surface area (Å²) in [5.41, 5.74) is 7.94. The third kappa shape index (κ3) is 5.15. The molecule has 0 aliphatic heterocycles. The van der Waals surface area contributed by atoms with Crippen molar-refractivity contribution in [3.8, 4) is 11.8 Å². The van der Waals surface area contributed by atoms with Crippen LogP contribution in [0, 0.1) is 24.7 Å². The quantitative estimate of drug-likeness (QED) is 0.812. The van der Waals surface area contributed by atoms with Crippen LogP contribution < -0.4 is 11.1 Å². The average molecular weight is 258 g/mol. The minimum absolute atomic E-state index is 0.0258. The van der Waals surface area contributed by atoms with Crippen molar-refractivity contribution < 1.29 is 4.79 Å². The van der Waals surface area contributed by atoms with Crippen LogP contribution in [0.3, 0.4) is 0 Å². The van der Waals surface area contributed by atoms with Crippen molar-refractivity contribution in [3.05, 3.63) is 34.9 Å². The van der Waals surface area contributed by atoms with Crippen molar-refractivity contribution in [2.45, 2.75) is 27.2 Å². The van der Waals surface area contributed by atoms with Gasteiger partial charge in [0.1, 0.15) is 0 Å². The summed E-state index contributed by atoms with van der Waals surface area (Å²) in [6.07, 6.45) is 0.991. The molecule has 1 aromatic rings. The zero-order valence-corrected chi connectivity index (χ0v) is 11.9. The number of rotatable bonds is 4. The monoisotopic (exact) mass is 258 g/mol. The molecule has 0 aromatic heterocycles. The molecule has 1 amide bonds. The smallest absolute Gasteiger partial charge is 0.251 e. The highest BCUT2D eigenvalue weighted by Gasteiger charge is 2.06. The van der Waals surface area contributed by atoms with Gasteiger partial charge >= 0.3 is 0 Å². The Labute approximate surface area is 115 Å².